The fourth-order valence-electron chi connectivity index (χ4n) is 3.20. The molecule has 0 saturated carbocycles. The number of fused-ring (bicyclic) bond motifs is 1. The molecule has 7 heteroatoms. The number of methoxy groups -OCH3 is 1. The summed E-state index contributed by atoms with van der Waals surface area (Å²) in [5.74, 6) is 0.637. The summed E-state index contributed by atoms with van der Waals surface area (Å²) in [6.45, 7) is 1.02. The number of rotatable bonds is 3. The first kappa shape index (κ1) is 17.4. The molecule has 0 aliphatic carbocycles. The smallest absolute Gasteiger partial charge is 0.272 e. The Labute approximate surface area is 161 Å². The molecule has 0 radical (unpaired) electrons. The summed E-state index contributed by atoms with van der Waals surface area (Å²) in [4.78, 5) is 27.6. The molecule has 1 aliphatic rings. The highest BCUT2D eigenvalue weighted by molar-refractivity contribution is 6.29. The first-order chi connectivity index (χ1) is 13.2. The van der Waals surface area contributed by atoms with Gasteiger partial charge in [0.1, 0.15) is 22.9 Å². The Bertz CT molecular complexity index is 992. The molecule has 0 bridgehead atoms. The first-order valence-corrected chi connectivity index (χ1v) is 8.92. The predicted octanol–water partition coefficient (Wildman–Crippen LogP) is 3.40. The van der Waals surface area contributed by atoms with Gasteiger partial charge in [0.15, 0.2) is 0 Å². The summed E-state index contributed by atoms with van der Waals surface area (Å²) in [5.41, 5.74) is 4.07. The molecule has 27 heavy (non-hydrogen) atoms. The van der Waals surface area contributed by atoms with Gasteiger partial charge in [0.25, 0.3) is 5.91 Å². The molecular weight excluding hydrogens is 364 g/mol. The largest absolute Gasteiger partial charge is 0.497 e. The second-order valence-electron chi connectivity index (χ2n) is 6.20. The van der Waals surface area contributed by atoms with E-state index in [0.29, 0.717) is 30.4 Å². The SMILES string of the molecule is COc1ccc(-c2ncnc3c2CN(C(=O)c2cccc(Cl)n2)CC3)cc1. The van der Waals surface area contributed by atoms with Crippen molar-refractivity contribution in [3.05, 3.63) is 70.9 Å². The van der Waals surface area contributed by atoms with Crippen LogP contribution < -0.4 is 4.74 Å². The van der Waals surface area contributed by atoms with Crippen molar-refractivity contribution in [1.82, 2.24) is 19.9 Å². The van der Waals surface area contributed by atoms with Gasteiger partial charge in [-0.3, -0.25) is 4.79 Å². The van der Waals surface area contributed by atoms with E-state index in [9.17, 15) is 4.79 Å². The monoisotopic (exact) mass is 380 g/mol. The van der Waals surface area contributed by atoms with Crippen molar-refractivity contribution in [3.63, 3.8) is 0 Å². The third-order valence-corrected chi connectivity index (χ3v) is 4.80. The van der Waals surface area contributed by atoms with Gasteiger partial charge in [-0.15, -0.1) is 0 Å². The van der Waals surface area contributed by atoms with Gasteiger partial charge in [0, 0.05) is 30.6 Å². The van der Waals surface area contributed by atoms with Crippen LogP contribution in [0.25, 0.3) is 11.3 Å². The van der Waals surface area contributed by atoms with Crippen molar-refractivity contribution < 1.29 is 9.53 Å². The Morgan fingerprint density at radius 2 is 1.96 bits per heavy atom. The molecule has 0 N–H and O–H groups in total. The highest BCUT2D eigenvalue weighted by atomic mass is 35.5. The molecule has 3 aromatic rings. The summed E-state index contributed by atoms with van der Waals surface area (Å²) < 4.78 is 5.22. The van der Waals surface area contributed by atoms with Crippen LogP contribution in [0.2, 0.25) is 5.15 Å². The summed E-state index contributed by atoms with van der Waals surface area (Å²) in [6.07, 6.45) is 2.25. The summed E-state index contributed by atoms with van der Waals surface area (Å²) in [7, 11) is 1.63. The minimum atomic E-state index is -0.146. The van der Waals surface area contributed by atoms with Crippen LogP contribution in [0.5, 0.6) is 5.75 Å². The minimum absolute atomic E-state index is 0.146. The topological polar surface area (TPSA) is 68.2 Å². The lowest BCUT2D eigenvalue weighted by Crippen LogP contribution is -2.37. The van der Waals surface area contributed by atoms with E-state index in [2.05, 4.69) is 15.0 Å². The fraction of sp³-hybridized carbons (Fsp3) is 0.200. The maximum absolute atomic E-state index is 12.8. The van der Waals surface area contributed by atoms with E-state index in [-0.39, 0.29) is 5.91 Å². The quantitative estimate of drug-likeness (QED) is 0.651. The number of aromatic nitrogens is 3. The lowest BCUT2D eigenvalue weighted by Gasteiger charge is -2.29. The lowest BCUT2D eigenvalue weighted by molar-refractivity contribution is 0.0727. The van der Waals surface area contributed by atoms with Crippen LogP contribution in [0, 0.1) is 0 Å². The van der Waals surface area contributed by atoms with Gasteiger partial charge in [0.2, 0.25) is 0 Å². The van der Waals surface area contributed by atoms with E-state index in [1.807, 2.05) is 24.3 Å². The third-order valence-electron chi connectivity index (χ3n) is 4.59. The number of amides is 1. The molecule has 1 amide bonds. The predicted molar refractivity (Wildman–Crippen MR) is 102 cm³/mol. The molecular formula is C20H17ClN4O2. The van der Waals surface area contributed by atoms with Crippen molar-refractivity contribution in [3.8, 4) is 17.0 Å². The standard InChI is InChI=1S/C20H17ClN4O2/c1-27-14-7-5-13(6-8-14)19-15-11-25(10-9-16(15)22-12-23-19)20(26)17-3-2-4-18(21)24-17/h2-8,12H,9-11H2,1H3. The van der Waals surface area contributed by atoms with Crippen LogP contribution in [0.3, 0.4) is 0 Å². The average Bonchev–Trinajstić information content (AvgIpc) is 2.72. The highest BCUT2D eigenvalue weighted by Gasteiger charge is 2.26. The van der Waals surface area contributed by atoms with Gasteiger partial charge in [-0.2, -0.15) is 0 Å². The number of halogens is 1. The van der Waals surface area contributed by atoms with Crippen molar-refractivity contribution in [2.24, 2.45) is 0 Å². The van der Waals surface area contributed by atoms with E-state index in [0.717, 1.165) is 28.3 Å². The number of pyridine rings is 1. The normalized spacial score (nSPS) is 13.2. The number of carbonyl (C=O) groups is 1. The molecule has 6 nitrogen and oxygen atoms in total. The van der Waals surface area contributed by atoms with Crippen LogP contribution in [0.1, 0.15) is 21.7 Å². The average molecular weight is 381 g/mol. The molecule has 0 atom stereocenters. The van der Waals surface area contributed by atoms with Crippen molar-refractivity contribution in [2.75, 3.05) is 13.7 Å². The molecule has 3 heterocycles. The molecule has 0 fully saturated rings. The van der Waals surface area contributed by atoms with Crippen molar-refractivity contribution in [1.29, 1.82) is 0 Å². The number of hydrogen-bond acceptors (Lipinski definition) is 5. The minimum Gasteiger partial charge on any atom is -0.497 e. The molecule has 1 aliphatic heterocycles. The molecule has 0 saturated heterocycles. The van der Waals surface area contributed by atoms with Gasteiger partial charge in [-0.25, -0.2) is 15.0 Å². The first-order valence-electron chi connectivity index (χ1n) is 8.54. The van der Waals surface area contributed by atoms with Gasteiger partial charge >= 0.3 is 0 Å². The molecule has 0 spiro atoms. The van der Waals surface area contributed by atoms with Crippen LogP contribution in [-0.2, 0) is 13.0 Å². The number of carbonyl (C=O) groups excluding carboxylic acids is 1. The molecule has 2 aromatic heterocycles. The highest BCUT2D eigenvalue weighted by Crippen LogP contribution is 2.29. The fourth-order valence-corrected chi connectivity index (χ4v) is 3.37. The maximum Gasteiger partial charge on any atom is 0.272 e. The van der Waals surface area contributed by atoms with Crippen LogP contribution in [0.15, 0.2) is 48.8 Å². The van der Waals surface area contributed by atoms with E-state index < -0.39 is 0 Å². The van der Waals surface area contributed by atoms with E-state index in [1.165, 1.54) is 0 Å². The Hall–Kier alpha value is -2.99. The van der Waals surface area contributed by atoms with Crippen molar-refractivity contribution >= 4 is 17.5 Å². The summed E-state index contributed by atoms with van der Waals surface area (Å²) >= 11 is 5.93. The summed E-state index contributed by atoms with van der Waals surface area (Å²) in [5, 5.41) is 0.306. The van der Waals surface area contributed by atoms with Crippen LogP contribution >= 0.6 is 11.6 Å². The molecule has 1 aromatic carbocycles. The second-order valence-corrected chi connectivity index (χ2v) is 6.59. The second kappa shape index (κ2) is 7.32. The van der Waals surface area contributed by atoms with Crippen molar-refractivity contribution in [2.45, 2.75) is 13.0 Å². The number of nitrogens with zero attached hydrogens (tertiary/aromatic N) is 4. The van der Waals surface area contributed by atoms with E-state index in [4.69, 9.17) is 16.3 Å². The Morgan fingerprint density at radius 3 is 2.70 bits per heavy atom. The number of benzene rings is 1. The zero-order valence-corrected chi connectivity index (χ0v) is 15.5. The number of ether oxygens (including phenoxy) is 1. The Balaban J connectivity index is 1.66. The molecule has 4 rings (SSSR count). The summed E-state index contributed by atoms with van der Waals surface area (Å²) in [6, 6.07) is 12.8. The molecule has 136 valence electrons. The van der Waals surface area contributed by atoms with Crippen LogP contribution in [-0.4, -0.2) is 39.4 Å². The molecule has 0 unspecified atom stereocenters. The van der Waals surface area contributed by atoms with Gasteiger partial charge in [-0.05, 0) is 36.4 Å². The zero-order valence-electron chi connectivity index (χ0n) is 14.7. The van der Waals surface area contributed by atoms with E-state index >= 15 is 0 Å². The zero-order chi connectivity index (χ0) is 18.8. The van der Waals surface area contributed by atoms with Gasteiger partial charge in [0.05, 0.1) is 18.5 Å². The lowest BCUT2D eigenvalue weighted by atomic mass is 9.99. The van der Waals surface area contributed by atoms with Crippen LogP contribution in [0.4, 0.5) is 0 Å². The number of hydrogen-bond donors (Lipinski definition) is 0. The maximum atomic E-state index is 12.8. The Kier molecular flexibility index (Phi) is 4.73. The third kappa shape index (κ3) is 3.48. The van der Waals surface area contributed by atoms with Gasteiger partial charge in [-0.1, -0.05) is 17.7 Å². The Morgan fingerprint density at radius 1 is 1.15 bits per heavy atom. The van der Waals surface area contributed by atoms with E-state index in [1.54, 1.807) is 36.5 Å². The van der Waals surface area contributed by atoms with Gasteiger partial charge < -0.3 is 9.64 Å².